The maximum absolute atomic E-state index is 13.2. The van der Waals surface area contributed by atoms with Gasteiger partial charge in [-0.15, -0.1) is 0 Å². The van der Waals surface area contributed by atoms with Gasteiger partial charge in [0, 0.05) is 73.1 Å². The van der Waals surface area contributed by atoms with Crippen molar-refractivity contribution in [1.82, 2.24) is 29.9 Å². The van der Waals surface area contributed by atoms with Gasteiger partial charge in [0.2, 0.25) is 47.8 Å². The van der Waals surface area contributed by atoms with Crippen LogP contribution in [0.15, 0.2) is 93.3 Å². The van der Waals surface area contributed by atoms with Gasteiger partial charge in [0.1, 0.15) is 0 Å². The van der Waals surface area contributed by atoms with E-state index in [-0.39, 0.29) is 36.1 Å². The number of anilines is 10. The molecule has 0 bridgehead atoms. The molecule has 0 saturated heterocycles. The molecule has 370 valence electrons. The van der Waals surface area contributed by atoms with Crippen molar-refractivity contribution in [3.05, 3.63) is 72.8 Å². The van der Waals surface area contributed by atoms with Gasteiger partial charge >= 0.3 is 0 Å². The molecule has 6 atom stereocenters. The lowest BCUT2D eigenvalue weighted by Crippen LogP contribution is -2.32. The Morgan fingerprint density at radius 1 is 0.429 bits per heavy atom. The first-order valence-corrected chi connectivity index (χ1v) is 22.2. The van der Waals surface area contributed by atoms with Crippen LogP contribution in [-0.2, 0) is 19.2 Å². The molecule has 6 unspecified atom stereocenters. The second-order valence-electron chi connectivity index (χ2n) is 16.4. The molecular formula is C44H60N22O4. The van der Waals surface area contributed by atoms with Crippen molar-refractivity contribution in [2.24, 2.45) is 43.4 Å². The van der Waals surface area contributed by atoms with Crippen LogP contribution in [0.25, 0.3) is 0 Å². The molecule has 5 rings (SSSR count). The Balaban J connectivity index is 1.15. The van der Waals surface area contributed by atoms with E-state index in [0.717, 1.165) is 0 Å². The summed E-state index contributed by atoms with van der Waals surface area (Å²) < 4.78 is 0. The molecule has 2 heterocycles. The normalized spacial score (nSPS) is 13.9. The molecule has 26 heteroatoms. The minimum atomic E-state index is -1.46. The number of ketones is 2. The van der Waals surface area contributed by atoms with Gasteiger partial charge in [-0.1, -0.05) is 0 Å². The van der Waals surface area contributed by atoms with Crippen molar-refractivity contribution in [3.8, 4) is 0 Å². The first kappa shape index (κ1) is 52.8. The van der Waals surface area contributed by atoms with Crippen LogP contribution in [0, 0.1) is 0 Å². The summed E-state index contributed by atoms with van der Waals surface area (Å²) in [5.74, 6) is -0.765. The SMILES string of the molecule is CC(=O)C(N=Nc1ccc(Nc2nc(NCC(C)N)nc(NCC(C)N)n2)cc1)C(=O)Nc1ccc(NC(=O)C(N=Nc2ccc(Nc3nc(NCC(C)N)nc(NCC(C)N)n3)cc2)C(C)=O)cc1. The zero-order valence-corrected chi connectivity index (χ0v) is 39.6. The zero-order chi connectivity index (χ0) is 50.7. The van der Waals surface area contributed by atoms with E-state index in [9.17, 15) is 19.2 Å². The number of nitrogens with two attached hydrogens (primary N) is 4. The highest BCUT2D eigenvalue weighted by atomic mass is 16.2. The van der Waals surface area contributed by atoms with Crippen LogP contribution in [0.3, 0.4) is 0 Å². The lowest BCUT2D eigenvalue weighted by Gasteiger charge is -2.13. The number of benzene rings is 3. The second-order valence-corrected chi connectivity index (χ2v) is 16.4. The van der Waals surface area contributed by atoms with Crippen LogP contribution >= 0.6 is 0 Å². The van der Waals surface area contributed by atoms with Gasteiger partial charge in [-0.25, -0.2) is 0 Å². The monoisotopic (exact) mass is 961 g/mol. The molecule has 0 aliphatic rings. The van der Waals surface area contributed by atoms with Gasteiger partial charge in [-0.3, -0.25) is 19.2 Å². The topological polar surface area (TPSA) is 395 Å². The first-order chi connectivity index (χ1) is 33.4. The van der Waals surface area contributed by atoms with Crippen molar-refractivity contribution in [1.29, 1.82) is 0 Å². The summed E-state index contributed by atoms with van der Waals surface area (Å²) in [6.45, 7) is 11.6. The number of carbonyl (C=O) groups excluding carboxylic acids is 4. The Kier molecular flexibility index (Phi) is 19.4. The highest BCUT2D eigenvalue weighted by Gasteiger charge is 2.25. The van der Waals surface area contributed by atoms with E-state index in [1.165, 1.54) is 38.1 Å². The summed E-state index contributed by atoms with van der Waals surface area (Å²) in [5, 5.41) is 40.1. The van der Waals surface area contributed by atoms with Crippen LogP contribution in [0.2, 0.25) is 0 Å². The van der Waals surface area contributed by atoms with Crippen LogP contribution in [0.1, 0.15) is 41.5 Å². The van der Waals surface area contributed by atoms with E-state index < -0.39 is 35.5 Å². The molecule has 0 saturated carbocycles. The third-order valence-corrected chi connectivity index (χ3v) is 9.11. The van der Waals surface area contributed by atoms with Crippen LogP contribution < -0.4 is 65.5 Å². The molecule has 2 aromatic heterocycles. The van der Waals surface area contributed by atoms with Crippen LogP contribution in [0.5, 0.6) is 0 Å². The quantitative estimate of drug-likeness (QED) is 0.0276. The minimum Gasteiger partial charge on any atom is -0.352 e. The molecule has 3 aromatic carbocycles. The van der Waals surface area contributed by atoms with E-state index in [2.05, 4.69) is 92.9 Å². The highest BCUT2D eigenvalue weighted by Crippen LogP contribution is 2.23. The third kappa shape index (κ3) is 17.8. The number of Topliss-reactive ketones (excluding diaryl/α,β-unsaturated/α-hetero) is 2. The number of azo groups is 2. The Labute approximate surface area is 404 Å². The minimum absolute atomic E-state index is 0.134. The number of rotatable bonds is 26. The molecule has 0 spiro atoms. The van der Waals surface area contributed by atoms with Crippen molar-refractivity contribution in [2.75, 3.05) is 68.7 Å². The molecule has 26 nitrogen and oxygen atoms in total. The predicted octanol–water partition coefficient (Wildman–Crippen LogP) is 3.94. The van der Waals surface area contributed by atoms with Crippen molar-refractivity contribution in [3.63, 3.8) is 0 Å². The molecule has 2 amide bonds. The number of hydrogen-bond donors (Lipinski definition) is 12. The maximum Gasteiger partial charge on any atom is 0.258 e. The molecule has 0 aliphatic heterocycles. The predicted molar refractivity (Wildman–Crippen MR) is 269 cm³/mol. The highest BCUT2D eigenvalue weighted by molar-refractivity contribution is 6.11. The van der Waals surface area contributed by atoms with Gasteiger partial charge in [0.05, 0.1) is 11.4 Å². The summed E-state index contributed by atoms with van der Waals surface area (Å²) in [6.07, 6.45) is 0. The smallest absolute Gasteiger partial charge is 0.258 e. The molecule has 5 aromatic rings. The fourth-order valence-electron chi connectivity index (χ4n) is 5.61. The van der Waals surface area contributed by atoms with Crippen molar-refractivity contribution < 1.29 is 19.2 Å². The molecule has 0 radical (unpaired) electrons. The average molecular weight is 961 g/mol. The number of nitrogens with one attached hydrogen (secondary N) is 8. The number of carbonyl (C=O) groups is 4. The molecule has 0 fully saturated rings. The van der Waals surface area contributed by atoms with E-state index in [0.29, 0.717) is 84.1 Å². The fourth-order valence-corrected chi connectivity index (χ4v) is 5.61. The number of aromatic nitrogens is 6. The van der Waals surface area contributed by atoms with Gasteiger partial charge in [0.25, 0.3) is 11.8 Å². The zero-order valence-electron chi connectivity index (χ0n) is 39.6. The van der Waals surface area contributed by atoms with Crippen molar-refractivity contribution >= 4 is 93.2 Å². The average Bonchev–Trinajstić information content (AvgIpc) is 3.30. The summed E-state index contributed by atoms with van der Waals surface area (Å²) >= 11 is 0. The molecule has 16 N–H and O–H groups in total. The summed E-state index contributed by atoms with van der Waals surface area (Å²) in [4.78, 5) is 77.8. The lowest BCUT2D eigenvalue weighted by molar-refractivity contribution is -0.127. The second kappa shape index (κ2) is 25.8. The van der Waals surface area contributed by atoms with E-state index in [1.807, 2.05) is 27.7 Å². The van der Waals surface area contributed by atoms with Crippen LogP contribution in [-0.4, -0.2) is 116 Å². The van der Waals surface area contributed by atoms with E-state index in [4.69, 9.17) is 22.9 Å². The Morgan fingerprint density at radius 3 is 0.943 bits per heavy atom. The number of hydrogen-bond acceptors (Lipinski definition) is 24. The first-order valence-electron chi connectivity index (χ1n) is 22.2. The van der Waals surface area contributed by atoms with Gasteiger partial charge in [0.15, 0.2) is 11.6 Å². The molecular weight excluding hydrogens is 901 g/mol. The van der Waals surface area contributed by atoms with E-state index in [1.54, 1.807) is 48.5 Å². The Bertz CT molecular complexity index is 2350. The lowest BCUT2D eigenvalue weighted by atomic mass is 10.2. The number of amides is 2. The van der Waals surface area contributed by atoms with Gasteiger partial charge in [-0.05, 0) is 114 Å². The van der Waals surface area contributed by atoms with Crippen LogP contribution in [0.4, 0.5) is 69.8 Å². The number of nitrogens with zero attached hydrogens (tertiary/aromatic N) is 10. The summed E-state index contributed by atoms with van der Waals surface area (Å²) in [6, 6.07) is 15.9. The Morgan fingerprint density at radius 2 is 0.686 bits per heavy atom. The molecule has 70 heavy (non-hydrogen) atoms. The molecule has 0 aliphatic carbocycles. The third-order valence-electron chi connectivity index (χ3n) is 9.11. The fraction of sp³-hybridized carbons (Fsp3) is 0.364. The summed E-state index contributed by atoms with van der Waals surface area (Å²) in [5.41, 5.74) is 26.1. The van der Waals surface area contributed by atoms with Crippen molar-refractivity contribution in [2.45, 2.75) is 77.8 Å². The Hall–Kier alpha value is -8.20. The van der Waals surface area contributed by atoms with Gasteiger partial charge in [-0.2, -0.15) is 50.4 Å². The standard InChI is InChI=1S/C44H60N22O4/c1-23(45)19-49-39-57-40(50-20-24(2)46)60-43(59-39)55-31-11-15-33(16-12-31)63-65-35(27(5)67)37(69)53-29-7-9-30(10-8-29)54-38(70)36(28(6)68)66-64-34-17-13-32(14-18-34)56-44-61-41(51-21-25(3)47)58-42(62-44)52-22-26(4)48/h7-18,23-26,35-36H,19-22,45-48H2,1-6H3,(H,53,69)(H,54,70)(H3,49,50,55,57,59,60)(H3,51,52,56,58,61,62). The van der Waals surface area contributed by atoms with Gasteiger partial charge < -0.3 is 65.5 Å². The van der Waals surface area contributed by atoms with E-state index >= 15 is 0 Å². The summed E-state index contributed by atoms with van der Waals surface area (Å²) in [7, 11) is 0. The maximum atomic E-state index is 13.2. The largest absolute Gasteiger partial charge is 0.352 e.